The van der Waals surface area contributed by atoms with E-state index in [4.69, 9.17) is 0 Å². The van der Waals surface area contributed by atoms with Gasteiger partial charge in [-0.05, 0) is 24.5 Å². The van der Waals surface area contributed by atoms with E-state index in [-0.39, 0.29) is 0 Å². The lowest BCUT2D eigenvalue weighted by atomic mass is 10.1. The smallest absolute Gasteiger partial charge is 0.0459 e. The maximum atomic E-state index is 3.36. The Bertz CT molecular complexity index is 425. The molecule has 0 fully saturated rings. The van der Waals surface area contributed by atoms with Crippen LogP contribution in [0.2, 0.25) is 0 Å². The summed E-state index contributed by atoms with van der Waals surface area (Å²) < 4.78 is 0. The molecule has 1 N–H and O–H groups in total. The zero-order valence-corrected chi connectivity index (χ0v) is 6.72. The molecule has 0 saturated heterocycles. The average molecular weight is 155 g/mol. The summed E-state index contributed by atoms with van der Waals surface area (Å²) in [5, 5.41) is 1.37. The summed E-state index contributed by atoms with van der Waals surface area (Å²) in [6.07, 6.45) is 5.56. The van der Waals surface area contributed by atoms with Crippen LogP contribution in [-0.2, 0) is 6.42 Å². The molecule has 1 heteroatoms. The van der Waals surface area contributed by atoms with Gasteiger partial charge in [-0.3, -0.25) is 0 Å². The third-order valence-corrected chi connectivity index (χ3v) is 2.49. The minimum Gasteiger partial charge on any atom is -0.358 e. The van der Waals surface area contributed by atoms with E-state index in [1.54, 1.807) is 0 Å². The van der Waals surface area contributed by atoms with Gasteiger partial charge in [-0.15, -0.1) is 0 Å². The lowest BCUT2D eigenvalue weighted by Gasteiger charge is -1.90. The van der Waals surface area contributed by atoms with Crippen LogP contribution in [0.15, 0.2) is 24.3 Å². The average Bonchev–Trinajstić information content (AvgIpc) is 2.62. The molecule has 1 aliphatic rings. The Hall–Kier alpha value is -1.24. The first kappa shape index (κ1) is 6.30. The summed E-state index contributed by atoms with van der Waals surface area (Å²) in [4.78, 5) is 3.36. The molecule has 0 spiro atoms. The highest BCUT2D eigenvalue weighted by atomic mass is 14.7. The van der Waals surface area contributed by atoms with Crippen LogP contribution in [0.1, 0.15) is 17.7 Å². The minimum absolute atomic E-state index is 1.08. The molecule has 3 rings (SSSR count). The van der Waals surface area contributed by atoms with Crippen molar-refractivity contribution in [3.63, 3.8) is 0 Å². The summed E-state index contributed by atoms with van der Waals surface area (Å²) in [6, 6.07) is 8.45. The number of aromatic nitrogens is 1. The molecule has 1 aromatic carbocycles. The van der Waals surface area contributed by atoms with Gasteiger partial charge in [0.05, 0.1) is 0 Å². The van der Waals surface area contributed by atoms with Gasteiger partial charge in [0.1, 0.15) is 0 Å². The van der Waals surface area contributed by atoms with Crippen LogP contribution >= 0.6 is 0 Å². The molecule has 1 aromatic heterocycles. The van der Waals surface area contributed by atoms with Crippen LogP contribution in [0.3, 0.4) is 0 Å². The van der Waals surface area contributed by atoms with Crippen LogP contribution in [-0.4, -0.2) is 4.98 Å². The Morgan fingerprint density at radius 1 is 1.25 bits per heavy atom. The Morgan fingerprint density at radius 2 is 2.17 bits per heavy atom. The van der Waals surface area contributed by atoms with E-state index in [1.165, 1.54) is 22.2 Å². The minimum atomic E-state index is 1.08. The van der Waals surface area contributed by atoms with Crippen molar-refractivity contribution >= 4 is 10.9 Å². The molecule has 0 atom stereocenters. The molecule has 1 aliphatic carbocycles. The van der Waals surface area contributed by atoms with Crippen molar-refractivity contribution in [3.05, 3.63) is 41.9 Å². The fourth-order valence-corrected chi connectivity index (χ4v) is 1.92. The van der Waals surface area contributed by atoms with Gasteiger partial charge < -0.3 is 4.98 Å². The first-order chi connectivity index (χ1) is 5.95. The molecular formula is C11H9N. The number of hydrogen-bond donors (Lipinski definition) is 1. The van der Waals surface area contributed by atoms with Crippen molar-refractivity contribution in [1.82, 2.24) is 4.98 Å². The van der Waals surface area contributed by atoms with Crippen molar-refractivity contribution in [1.29, 1.82) is 0 Å². The van der Waals surface area contributed by atoms with E-state index in [0.717, 1.165) is 12.8 Å². The van der Waals surface area contributed by atoms with Gasteiger partial charge in [-0.2, -0.15) is 0 Å². The molecule has 2 aromatic rings. The summed E-state index contributed by atoms with van der Waals surface area (Å²) in [7, 11) is 0. The summed E-state index contributed by atoms with van der Waals surface area (Å²) in [6.45, 7) is 0. The number of aromatic amines is 1. The Kier molecular flexibility index (Phi) is 1.12. The van der Waals surface area contributed by atoms with Crippen LogP contribution in [0.25, 0.3) is 10.9 Å². The second-order valence-corrected chi connectivity index (χ2v) is 3.20. The molecule has 1 nitrogen and oxygen atoms in total. The van der Waals surface area contributed by atoms with Crippen LogP contribution < -0.4 is 0 Å². The van der Waals surface area contributed by atoms with E-state index in [2.05, 4.69) is 35.7 Å². The van der Waals surface area contributed by atoms with Crippen molar-refractivity contribution in [3.8, 4) is 0 Å². The third-order valence-electron chi connectivity index (χ3n) is 2.49. The zero-order chi connectivity index (χ0) is 7.97. The lowest BCUT2D eigenvalue weighted by Crippen LogP contribution is -1.73. The first-order valence-corrected chi connectivity index (χ1v) is 4.28. The molecule has 0 saturated carbocycles. The Morgan fingerprint density at radius 3 is 3.17 bits per heavy atom. The number of fused-ring (bicyclic) bond motifs is 3. The second kappa shape index (κ2) is 2.13. The van der Waals surface area contributed by atoms with Gasteiger partial charge in [0.15, 0.2) is 0 Å². The standard InChI is InChI=1S/C11H9N/c1-2-6-10-8(4-1)9-5-3-7-11(9)12-10/h1-2,4,6,12H,3,5H2. The molecule has 0 bridgehead atoms. The monoisotopic (exact) mass is 155 g/mol. The van der Waals surface area contributed by atoms with Gasteiger partial charge >= 0.3 is 0 Å². The molecular weight excluding hydrogens is 146 g/mol. The van der Waals surface area contributed by atoms with Crippen LogP contribution in [0, 0.1) is 6.42 Å². The number of H-pyrrole nitrogens is 1. The van der Waals surface area contributed by atoms with Gasteiger partial charge in [-0.1, -0.05) is 18.2 Å². The molecule has 2 radical (unpaired) electrons. The van der Waals surface area contributed by atoms with E-state index < -0.39 is 0 Å². The van der Waals surface area contributed by atoms with Gasteiger partial charge in [0.25, 0.3) is 0 Å². The quantitative estimate of drug-likeness (QED) is 0.601. The highest BCUT2D eigenvalue weighted by Crippen LogP contribution is 2.30. The number of nitrogens with one attached hydrogen (secondary N) is 1. The van der Waals surface area contributed by atoms with Gasteiger partial charge in [0.2, 0.25) is 0 Å². The molecule has 1 heterocycles. The van der Waals surface area contributed by atoms with Gasteiger partial charge in [-0.25, -0.2) is 0 Å². The SMILES string of the molecule is [C]1CCc2c1[nH]c1ccccc21. The van der Waals surface area contributed by atoms with Crippen molar-refractivity contribution in [2.75, 3.05) is 0 Å². The number of rotatable bonds is 0. The predicted molar refractivity (Wildman–Crippen MR) is 49.0 cm³/mol. The van der Waals surface area contributed by atoms with Crippen LogP contribution in [0.4, 0.5) is 0 Å². The third kappa shape index (κ3) is 0.685. The highest BCUT2D eigenvalue weighted by molar-refractivity contribution is 5.85. The van der Waals surface area contributed by atoms with E-state index >= 15 is 0 Å². The maximum Gasteiger partial charge on any atom is 0.0459 e. The number of para-hydroxylation sites is 1. The Labute approximate surface area is 71.4 Å². The molecule has 0 amide bonds. The van der Waals surface area contributed by atoms with Crippen molar-refractivity contribution in [2.24, 2.45) is 0 Å². The highest BCUT2D eigenvalue weighted by Gasteiger charge is 2.16. The normalized spacial score (nSPS) is 15.3. The first-order valence-electron chi connectivity index (χ1n) is 4.28. The van der Waals surface area contributed by atoms with Gasteiger partial charge in [0, 0.05) is 23.0 Å². The number of aryl methyl sites for hydroxylation is 1. The lowest BCUT2D eigenvalue weighted by molar-refractivity contribution is 1.04. The fraction of sp³-hybridized carbons (Fsp3) is 0.182. The van der Waals surface area contributed by atoms with E-state index in [0.29, 0.717) is 0 Å². The molecule has 12 heavy (non-hydrogen) atoms. The molecule has 58 valence electrons. The second-order valence-electron chi connectivity index (χ2n) is 3.20. The van der Waals surface area contributed by atoms with Crippen LogP contribution in [0.5, 0.6) is 0 Å². The molecule has 0 aliphatic heterocycles. The summed E-state index contributed by atoms with van der Waals surface area (Å²) >= 11 is 0. The summed E-state index contributed by atoms with van der Waals surface area (Å²) in [5.74, 6) is 0. The van der Waals surface area contributed by atoms with Crippen molar-refractivity contribution < 1.29 is 0 Å². The topological polar surface area (TPSA) is 15.8 Å². The van der Waals surface area contributed by atoms with Crippen molar-refractivity contribution in [2.45, 2.75) is 12.8 Å². The summed E-state index contributed by atoms with van der Waals surface area (Å²) in [5.41, 5.74) is 3.91. The Balaban J connectivity index is 2.44. The predicted octanol–water partition coefficient (Wildman–Crippen LogP) is 2.54. The number of benzene rings is 1. The van der Waals surface area contributed by atoms with E-state index in [1.807, 2.05) is 0 Å². The zero-order valence-electron chi connectivity index (χ0n) is 6.72. The largest absolute Gasteiger partial charge is 0.358 e. The number of hydrogen-bond acceptors (Lipinski definition) is 0. The fourth-order valence-electron chi connectivity index (χ4n) is 1.92. The van der Waals surface area contributed by atoms with E-state index in [9.17, 15) is 0 Å². The molecule has 0 unspecified atom stereocenters. The maximum absolute atomic E-state index is 3.36.